The molecule has 1 aromatic heterocycles. The zero-order valence-electron chi connectivity index (χ0n) is 11.8. The fourth-order valence-electron chi connectivity index (χ4n) is 1.58. The first kappa shape index (κ1) is 15.7. The zero-order valence-corrected chi connectivity index (χ0v) is 11.8. The molecule has 0 unspecified atom stereocenters. The minimum atomic E-state index is -4.38. The summed E-state index contributed by atoms with van der Waals surface area (Å²) in [7, 11) is 1.44. The number of rotatable bonds is 3. The Balaban J connectivity index is 2.31. The molecule has 9 heteroatoms. The van der Waals surface area contributed by atoms with Gasteiger partial charge in [0.1, 0.15) is 0 Å². The Hall–Kier alpha value is -2.71. The van der Waals surface area contributed by atoms with Gasteiger partial charge < -0.3 is 10.5 Å². The van der Waals surface area contributed by atoms with E-state index in [-0.39, 0.29) is 0 Å². The molecule has 1 heterocycles. The predicted octanol–water partition coefficient (Wildman–Crippen LogP) is 2.68. The van der Waals surface area contributed by atoms with Crippen LogP contribution in [0.4, 0.5) is 18.9 Å². The Kier molecular flexibility index (Phi) is 4.25. The van der Waals surface area contributed by atoms with Gasteiger partial charge in [-0.15, -0.1) is 4.80 Å². The van der Waals surface area contributed by atoms with E-state index in [4.69, 9.17) is 10.5 Å². The van der Waals surface area contributed by atoms with E-state index in [1.54, 1.807) is 6.92 Å². The number of halogens is 3. The molecule has 0 bridgehead atoms. The second-order valence-electron chi connectivity index (χ2n) is 4.44. The average molecular weight is 313 g/mol. The van der Waals surface area contributed by atoms with Crippen LogP contribution in [0.25, 0.3) is 0 Å². The highest BCUT2D eigenvalue weighted by Crippen LogP contribution is 2.30. The average Bonchev–Trinajstić information content (AvgIpc) is 2.36. The Morgan fingerprint density at radius 2 is 1.95 bits per heavy atom. The van der Waals surface area contributed by atoms with Gasteiger partial charge in [-0.05, 0) is 31.2 Å². The van der Waals surface area contributed by atoms with Crippen LogP contribution in [0.5, 0.6) is 6.01 Å². The van der Waals surface area contributed by atoms with Crippen molar-refractivity contribution in [3.05, 3.63) is 41.6 Å². The Labute approximate surface area is 124 Å². The van der Waals surface area contributed by atoms with Crippen molar-refractivity contribution in [1.29, 1.82) is 0 Å². The number of nitrogens with zero attached hydrogens (tertiary/aromatic N) is 3. The first-order valence-corrected chi connectivity index (χ1v) is 6.18. The normalized spacial score (nSPS) is 13.5. The van der Waals surface area contributed by atoms with Gasteiger partial charge in [-0.2, -0.15) is 13.2 Å². The summed E-state index contributed by atoms with van der Waals surface area (Å²) in [6, 6.07) is 4.75. The molecule has 0 saturated heterocycles. The van der Waals surface area contributed by atoms with E-state index in [0.29, 0.717) is 23.2 Å². The fraction of sp³-hybridized carbons (Fsp3) is 0.231. The van der Waals surface area contributed by atoms with Gasteiger partial charge in [0, 0.05) is 11.8 Å². The smallest absolute Gasteiger partial charge is 0.416 e. The van der Waals surface area contributed by atoms with Gasteiger partial charge in [0.05, 0.1) is 18.4 Å². The number of hydrogen-bond acceptors (Lipinski definition) is 4. The van der Waals surface area contributed by atoms with Gasteiger partial charge >= 0.3 is 12.2 Å². The molecule has 0 spiro atoms. The molecule has 0 fully saturated rings. The molecule has 6 nitrogen and oxygen atoms in total. The van der Waals surface area contributed by atoms with Crippen LogP contribution in [0.15, 0.2) is 41.0 Å². The molecule has 3 N–H and O–H groups in total. The van der Waals surface area contributed by atoms with Gasteiger partial charge in [0.15, 0.2) is 5.84 Å². The lowest BCUT2D eigenvalue weighted by molar-refractivity contribution is -0.137. The molecule has 22 heavy (non-hydrogen) atoms. The first-order valence-electron chi connectivity index (χ1n) is 6.18. The van der Waals surface area contributed by atoms with Gasteiger partial charge in [0.2, 0.25) is 0 Å². The molecule has 0 amide bonds. The number of alkyl halides is 3. The molecule has 2 rings (SSSR count). The second kappa shape index (κ2) is 5.96. The molecule has 118 valence electrons. The molecular formula is C13H14F3N5O. The van der Waals surface area contributed by atoms with Gasteiger partial charge in [-0.1, -0.05) is 5.10 Å². The predicted molar refractivity (Wildman–Crippen MR) is 75.0 cm³/mol. The van der Waals surface area contributed by atoms with Crippen molar-refractivity contribution in [2.24, 2.45) is 10.7 Å². The maximum absolute atomic E-state index is 12.5. The third kappa shape index (κ3) is 3.68. The Morgan fingerprint density at radius 3 is 2.41 bits per heavy atom. The van der Waals surface area contributed by atoms with E-state index in [1.165, 1.54) is 30.1 Å². The van der Waals surface area contributed by atoms with Gasteiger partial charge in [0.25, 0.3) is 0 Å². The summed E-state index contributed by atoms with van der Waals surface area (Å²) in [4.78, 5) is 5.50. The van der Waals surface area contributed by atoms with Crippen LogP contribution in [-0.4, -0.2) is 27.9 Å². The van der Waals surface area contributed by atoms with Crippen LogP contribution >= 0.6 is 0 Å². The highest BCUT2D eigenvalue weighted by Gasteiger charge is 2.29. The summed E-state index contributed by atoms with van der Waals surface area (Å²) in [6.07, 6.45) is -2.85. The lowest BCUT2D eigenvalue weighted by Crippen LogP contribution is -2.23. The van der Waals surface area contributed by atoms with Crippen LogP contribution in [0.2, 0.25) is 0 Å². The van der Waals surface area contributed by atoms with E-state index >= 15 is 0 Å². The van der Waals surface area contributed by atoms with Crippen LogP contribution in [0.3, 0.4) is 0 Å². The van der Waals surface area contributed by atoms with Crippen LogP contribution in [-0.2, 0) is 6.18 Å². The van der Waals surface area contributed by atoms with Gasteiger partial charge in [-0.3, -0.25) is 0 Å². The highest BCUT2D eigenvalue weighted by molar-refractivity contribution is 5.95. The maximum atomic E-state index is 12.5. The number of methoxy groups -OCH3 is 1. The van der Waals surface area contributed by atoms with Crippen molar-refractivity contribution < 1.29 is 17.9 Å². The van der Waals surface area contributed by atoms with E-state index in [1.807, 2.05) is 0 Å². The van der Waals surface area contributed by atoms with E-state index in [9.17, 15) is 13.2 Å². The van der Waals surface area contributed by atoms with Crippen molar-refractivity contribution in [1.82, 2.24) is 15.0 Å². The quantitative estimate of drug-likeness (QED) is 0.675. The van der Waals surface area contributed by atoms with Crippen LogP contribution in [0.1, 0.15) is 12.5 Å². The summed E-state index contributed by atoms with van der Waals surface area (Å²) < 4.78 is 42.4. The summed E-state index contributed by atoms with van der Waals surface area (Å²) in [5, 5.41) is 6.69. The molecular weight excluding hydrogens is 299 g/mol. The van der Waals surface area contributed by atoms with Crippen LogP contribution < -0.4 is 10.5 Å². The number of benzene rings is 1. The molecule has 1 aromatic carbocycles. The minimum Gasteiger partial charge on any atom is -0.466 e. The SMILES string of the molecule is COc1nn(C(C=C(C)N)=Nc2ccc(C(F)(F)F)cc2)[nH]1. The monoisotopic (exact) mass is 313 g/mol. The summed E-state index contributed by atoms with van der Waals surface area (Å²) in [5.41, 5.74) is 5.68. The van der Waals surface area contributed by atoms with Crippen molar-refractivity contribution in [3.8, 4) is 6.01 Å². The summed E-state index contributed by atoms with van der Waals surface area (Å²) in [6.45, 7) is 1.66. The number of H-pyrrole nitrogens is 1. The summed E-state index contributed by atoms with van der Waals surface area (Å²) >= 11 is 0. The zero-order chi connectivity index (χ0) is 16.3. The van der Waals surface area contributed by atoms with E-state index < -0.39 is 11.7 Å². The number of hydrogen-bond donors (Lipinski definition) is 2. The lowest BCUT2D eigenvalue weighted by Gasteiger charge is -2.12. The number of aromatic amines is 1. The second-order valence-corrected chi connectivity index (χ2v) is 4.44. The maximum Gasteiger partial charge on any atom is 0.416 e. The fourth-order valence-corrected chi connectivity index (χ4v) is 1.58. The molecule has 0 radical (unpaired) electrons. The number of nitrogens with two attached hydrogens (primary N) is 1. The van der Waals surface area contributed by atoms with E-state index in [0.717, 1.165) is 12.1 Å². The van der Waals surface area contributed by atoms with Gasteiger partial charge in [-0.25, -0.2) is 10.1 Å². The van der Waals surface area contributed by atoms with Crippen LogP contribution in [0, 0.1) is 0 Å². The number of nitrogens with one attached hydrogen (secondary N) is 1. The van der Waals surface area contributed by atoms with Crippen molar-refractivity contribution in [2.45, 2.75) is 13.1 Å². The number of ether oxygens (including phenoxy) is 1. The molecule has 0 saturated carbocycles. The summed E-state index contributed by atoms with van der Waals surface area (Å²) in [5.74, 6) is 0.320. The Bertz CT molecular complexity index is 678. The minimum absolute atomic E-state index is 0.295. The first-order chi connectivity index (χ1) is 10.3. The van der Waals surface area contributed by atoms with Crippen molar-refractivity contribution in [2.75, 3.05) is 7.11 Å². The topological polar surface area (TPSA) is 81.2 Å². The molecule has 2 aromatic rings. The van der Waals surface area contributed by atoms with Crippen molar-refractivity contribution >= 4 is 11.5 Å². The largest absolute Gasteiger partial charge is 0.466 e. The number of aromatic nitrogens is 3. The highest BCUT2D eigenvalue weighted by atomic mass is 19.4. The van der Waals surface area contributed by atoms with E-state index in [2.05, 4.69) is 15.2 Å². The molecule has 0 aliphatic rings. The van der Waals surface area contributed by atoms with Crippen molar-refractivity contribution in [3.63, 3.8) is 0 Å². The molecule has 0 atom stereocenters. The number of aliphatic imine (C=N–C) groups is 1. The number of allylic oxidation sites excluding steroid dienone is 2. The molecule has 0 aliphatic heterocycles. The third-order valence-electron chi connectivity index (χ3n) is 2.60. The standard InChI is InChI=1S/C13H14F3N5O/c1-8(17)7-11(21-19-12(20-21)22-2)18-10-5-3-9(4-6-10)13(14,15)16/h3-7H,17H2,1-2H3,(H,19,20). The Morgan fingerprint density at radius 1 is 1.36 bits per heavy atom. The molecule has 0 aliphatic carbocycles. The third-order valence-corrected chi connectivity index (χ3v) is 2.60. The lowest BCUT2D eigenvalue weighted by atomic mass is 10.2.